The molecule has 1 N–H and O–H groups in total. The summed E-state index contributed by atoms with van der Waals surface area (Å²) in [5.41, 5.74) is 4.50. The van der Waals surface area contributed by atoms with Gasteiger partial charge in [0.25, 0.3) is 5.91 Å². The maximum atomic E-state index is 12.6. The van der Waals surface area contributed by atoms with Crippen molar-refractivity contribution in [3.05, 3.63) is 99.6 Å². The molecule has 0 aliphatic carbocycles. The first-order valence-electron chi connectivity index (χ1n) is 9.98. The van der Waals surface area contributed by atoms with Crippen LogP contribution < -0.4 is 10.1 Å². The Labute approximate surface area is 187 Å². The molecule has 0 aliphatic heterocycles. The Morgan fingerprint density at radius 1 is 1.10 bits per heavy atom. The van der Waals surface area contributed by atoms with Gasteiger partial charge in [-0.3, -0.25) is 4.79 Å². The highest BCUT2D eigenvalue weighted by molar-refractivity contribution is 6.30. The van der Waals surface area contributed by atoms with Gasteiger partial charge in [0.05, 0.1) is 0 Å². The van der Waals surface area contributed by atoms with Gasteiger partial charge >= 0.3 is 0 Å². The molecule has 31 heavy (non-hydrogen) atoms. The molecule has 3 aromatic rings. The first kappa shape index (κ1) is 22.1. The van der Waals surface area contributed by atoms with Gasteiger partial charge < -0.3 is 10.1 Å². The van der Waals surface area contributed by atoms with Crippen molar-refractivity contribution in [3.8, 4) is 11.8 Å². The number of carbonyl (C=O) groups excluding carboxylic acids is 1. The number of ether oxygens (including phenoxy) is 1. The molecule has 156 valence electrons. The Morgan fingerprint density at radius 3 is 2.55 bits per heavy atom. The molecule has 0 saturated heterocycles. The molecule has 3 aromatic carbocycles. The molecule has 0 aliphatic rings. The van der Waals surface area contributed by atoms with Crippen LogP contribution in [0, 0.1) is 18.3 Å². The fourth-order valence-electron chi connectivity index (χ4n) is 3.05. The first-order valence-corrected chi connectivity index (χ1v) is 10.4. The van der Waals surface area contributed by atoms with Crippen LogP contribution in [0.5, 0.6) is 5.75 Å². The number of amides is 1. The van der Waals surface area contributed by atoms with E-state index in [0.717, 1.165) is 17.5 Å². The third-order valence-corrected chi connectivity index (χ3v) is 4.97. The van der Waals surface area contributed by atoms with Gasteiger partial charge in [-0.05, 0) is 60.9 Å². The standard InChI is InChI=1S/C26H23ClN2O2/c1-3-19-7-10-24(11-8-19)29-26(30)22(16-28)14-21-15-23(27)9-12-25(21)31-17-20-6-4-5-18(2)13-20/h4-15H,3,17H2,1-2H3,(H,29,30)/b22-14+. The van der Waals surface area contributed by atoms with Gasteiger partial charge in [0.2, 0.25) is 0 Å². The molecule has 0 radical (unpaired) electrons. The van der Waals surface area contributed by atoms with Gasteiger partial charge in [0, 0.05) is 16.3 Å². The van der Waals surface area contributed by atoms with Crippen LogP contribution in [0.3, 0.4) is 0 Å². The highest BCUT2D eigenvalue weighted by atomic mass is 35.5. The van der Waals surface area contributed by atoms with E-state index in [1.165, 1.54) is 11.6 Å². The molecule has 0 unspecified atom stereocenters. The lowest BCUT2D eigenvalue weighted by Gasteiger charge is -2.11. The molecule has 4 nitrogen and oxygen atoms in total. The summed E-state index contributed by atoms with van der Waals surface area (Å²) in [4.78, 5) is 12.6. The lowest BCUT2D eigenvalue weighted by molar-refractivity contribution is -0.112. The third-order valence-electron chi connectivity index (χ3n) is 4.73. The minimum Gasteiger partial charge on any atom is -0.488 e. The monoisotopic (exact) mass is 430 g/mol. The Balaban J connectivity index is 1.81. The highest BCUT2D eigenvalue weighted by Gasteiger charge is 2.12. The van der Waals surface area contributed by atoms with Crippen molar-refractivity contribution in [2.45, 2.75) is 26.9 Å². The molecule has 1 amide bonds. The SMILES string of the molecule is CCc1ccc(NC(=O)/C(C#N)=C/c2cc(Cl)ccc2OCc2cccc(C)c2)cc1. The zero-order chi connectivity index (χ0) is 22.2. The normalized spacial score (nSPS) is 11.0. The van der Waals surface area contributed by atoms with Crippen LogP contribution in [-0.4, -0.2) is 5.91 Å². The van der Waals surface area contributed by atoms with Gasteiger partial charge in [0.1, 0.15) is 24.0 Å². The molecule has 0 atom stereocenters. The minimum absolute atomic E-state index is 0.0396. The lowest BCUT2D eigenvalue weighted by Crippen LogP contribution is -2.13. The van der Waals surface area contributed by atoms with Crippen molar-refractivity contribution >= 4 is 29.3 Å². The Bertz CT molecular complexity index is 1140. The first-order chi connectivity index (χ1) is 15.0. The van der Waals surface area contributed by atoms with Crippen molar-refractivity contribution in [1.29, 1.82) is 5.26 Å². The summed E-state index contributed by atoms with van der Waals surface area (Å²) in [6, 6.07) is 22.6. The Hall–Kier alpha value is -3.55. The quantitative estimate of drug-likeness (QED) is 0.351. The van der Waals surface area contributed by atoms with E-state index >= 15 is 0 Å². The highest BCUT2D eigenvalue weighted by Crippen LogP contribution is 2.26. The maximum absolute atomic E-state index is 12.6. The minimum atomic E-state index is -0.489. The molecule has 0 fully saturated rings. The van der Waals surface area contributed by atoms with Crippen LogP contribution in [0.1, 0.15) is 29.2 Å². The molecule has 0 bridgehead atoms. The number of rotatable bonds is 7. The van der Waals surface area contributed by atoms with E-state index in [4.69, 9.17) is 16.3 Å². The summed E-state index contributed by atoms with van der Waals surface area (Å²) < 4.78 is 5.96. The van der Waals surface area contributed by atoms with Gasteiger partial charge in [0.15, 0.2) is 0 Å². The van der Waals surface area contributed by atoms with Crippen molar-refractivity contribution in [1.82, 2.24) is 0 Å². The second kappa shape index (κ2) is 10.5. The van der Waals surface area contributed by atoms with Crippen LogP contribution >= 0.6 is 11.6 Å². The topological polar surface area (TPSA) is 62.1 Å². The number of anilines is 1. The Morgan fingerprint density at radius 2 is 1.87 bits per heavy atom. The summed E-state index contributed by atoms with van der Waals surface area (Å²) in [7, 11) is 0. The zero-order valence-electron chi connectivity index (χ0n) is 17.5. The predicted molar refractivity (Wildman–Crippen MR) is 125 cm³/mol. The van der Waals surface area contributed by atoms with Gasteiger partial charge in [-0.15, -0.1) is 0 Å². The van der Waals surface area contributed by atoms with E-state index in [1.54, 1.807) is 18.2 Å². The summed E-state index contributed by atoms with van der Waals surface area (Å²) in [6.07, 6.45) is 2.41. The van der Waals surface area contributed by atoms with Crippen LogP contribution in [0.25, 0.3) is 6.08 Å². The molecular weight excluding hydrogens is 408 g/mol. The predicted octanol–water partition coefficient (Wildman–Crippen LogP) is 6.34. The van der Waals surface area contributed by atoms with Crippen LogP contribution in [0.2, 0.25) is 5.02 Å². The fraction of sp³-hybridized carbons (Fsp3) is 0.154. The van der Waals surface area contributed by atoms with E-state index < -0.39 is 5.91 Å². The summed E-state index contributed by atoms with van der Waals surface area (Å²) in [5, 5.41) is 12.8. The van der Waals surface area contributed by atoms with Crippen molar-refractivity contribution in [2.24, 2.45) is 0 Å². The van der Waals surface area contributed by atoms with Gasteiger partial charge in [-0.2, -0.15) is 5.26 Å². The molecule has 3 rings (SSSR count). The van der Waals surface area contributed by atoms with Crippen LogP contribution in [0.15, 0.2) is 72.3 Å². The van der Waals surface area contributed by atoms with E-state index in [2.05, 4.69) is 12.2 Å². The number of hydrogen-bond donors (Lipinski definition) is 1. The largest absolute Gasteiger partial charge is 0.488 e. The zero-order valence-corrected chi connectivity index (χ0v) is 18.2. The number of aryl methyl sites for hydroxylation is 2. The third kappa shape index (κ3) is 6.21. The average Bonchev–Trinajstić information content (AvgIpc) is 2.77. The Kier molecular flexibility index (Phi) is 7.48. The molecule has 0 aromatic heterocycles. The van der Waals surface area contributed by atoms with Crippen LogP contribution in [0.4, 0.5) is 5.69 Å². The number of carbonyl (C=O) groups is 1. The van der Waals surface area contributed by atoms with Gasteiger partial charge in [-0.1, -0.05) is 60.5 Å². The van der Waals surface area contributed by atoms with Crippen molar-refractivity contribution < 1.29 is 9.53 Å². The number of benzene rings is 3. The lowest BCUT2D eigenvalue weighted by atomic mass is 10.1. The summed E-state index contributed by atoms with van der Waals surface area (Å²) in [6.45, 7) is 4.45. The van der Waals surface area contributed by atoms with Crippen LogP contribution in [-0.2, 0) is 17.8 Å². The van der Waals surface area contributed by atoms with E-state index in [9.17, 15) is 10.1 Å². The van der Waals surface area contributed by atoms with E-state index in [1.807, 2.05) is 61.5 Å². The van der Waals surface area contributed by atoms with E-state index in [-0.39, 0.29) is 5.57 Å². The smallest absolute Gasteiger partial charge is 0.266 e. The van der Waals surface area contributed by atoms with Crippen molar-refractivity contribution in [2.75, 3.05) is 5.32 Å². The maximum Gasteiger partial charge on any atom is 0.266 e. The second-order valence-electron chi connectivity index (χ2n) is 7.13. The van der Waals surface area contributed by atoms with Crippen molar-refractivity contribution in [3.63, 3.8) is 0 Å². The molecule has 0 saturated carbocycles. The second-order valence-corrected chi connectivity index (χ2v) is 7.57. The van der Waals surface area contributed by atoms with Gasteiger partial charge in [-0.25, -0.2) is 0 Å². The average molecular weight is 431 g/mol. The number of nitrogens with zero attached hydrogens (tertiary/aromatic N) is 1. The van der Waals surface area contributed by atoms with E-state index in [0.29, 0.717) is 28.6 Å². The number of hydrogen-bond acceptors (Lipinski definition) is 3. The summed E-state index contributed by atoms with van der Waals surface area (Å²) in [5.74, 6) is 0.0510. The molecule has 5 heteroatoms. The number of nitrogens with one attached hydrogen (secondary N) is 1. The molecule has 0 spiro atoms. The fourth-order valence-corrected chi connectivity index (χ4v) is 3.23. The molecule has 0 heterocycles. The number of nitriles is 1. The summed E-state index contributed by atoms with van der Waals surface area (Å²) >= 11 is 6.15. The molecular formula is C26H23ClN2O2. The number of halogens is 1.